The van der Waals surface area contributed by atoms with Gasteiger partial charge in [0.1, 0.15) is 0 Å². The van der Waals surface area contributed by atoms with E-state index in [0.717, 1.165) is 32.7 Å². The Bertz CT molecular complexity index is 212. The van der Waals surface area contributed by atoms with Crippen LogP contribution in [-0.4, -0.2) is 61.8 Å². The van der Waals surface area contributed by atoms with E-state index in [-0.39, 0.29) is 6.54 Å². The zero-order valence-corrected chi connectivity index (χ0v) is 10.3. The topological polar surface area (TPSA) is 32.5 Å². The molecule has 0 aromatic rings. The van der Waals surface area contributed by atoms with Crippen LogP contribution in [0.4, 0.5) is 13.2 Å². The van der Waals surface area contributed by atoms with Crippen molar-refractivity contribution in [2.24, 2.45) is 11.7 Å². The van der Waals surface area contributed by atoms with Crippen molar-refractivity contribution < 1.29 is 13.2 Å². The SMILES string of the molecule is CC(CN)CN1CCN(CCC(F)(F)F)CC1. The maximum atomic E-state index is 12.1. The number of nitrogens with two attached hydrogens (primary N) is 1. The summed E-state index contributed by atoms with van der Waals surface area (Å²) < 4.78 is 36.2. The Morgan fingerprint density at radius 2 is 1.65 bits per heavy atom. The van der Waals surface area contributed by atoms with E-state index in [1.165, 1.54) is 0 Å². The second-order valence-corrected chi connectivity index (χ2v) is 4.85. The molecule has 0 radical (unpaired) electrons. The highest BCUT2D eigenvalue weighted by Crippen LogP contribution is 2.20. The highest BCUT2D eigenvalue weighted by molar-refractivity contribution is 4.74. The van der Waals surface area contributed by atoms with Gasteiger partial charge in [-0.2, -0.15) is 13.2 Å². The molecule has 0 spiro atoms. The molecular weight excluding hydrogens is 231 g/mol. The van der Waals surface area contributed by atoms with Gasteiger partial charge in [0, 0.05) is 39.3 Å². The van der Waals surface area contributed by atoms with Crippen LogP contribution < -0.4 is 5.73 Å². The summed E-state index contributed by atoms with van der Waals surface area (Å²) in [5.74, 6) is 0.455. The fraction of sp³-hybridized carbons (Fsp3) is 1.00. The van der Waals surface area contributed by atoms with Crippen molar-refractivity contribution in [3.05, 3.63) is 0 Å². The monoisotopic (exact) mass is 253 g/mol. The summed E-state index contributed by atoms with van der Waals surface area (Å²) in [5.41, 5.74) is 5.55. The number of halogens is 3. The standard InChI is InChI=1S/C11H22F3N3/c1-10(8-15)9-17-6-4-16(5-7-17)3-2-11(12,13)14/h10H,2-9,15H2,1H3. The van der Waals surface area contributed by atoms with E-state index in [4.69, 9.17) is 5.73 Å². The zero-order chi connectivity index (χ0) is 12.9. The van der Waals surface area contributed by atoms with Crippen LogP contribution in [-0.2, 0) is 0 Å². The van der Waals surface area contributed by atoms with E-state index in [0.29, 0.717) is 12.5 Å². The first kappa shape index (κ1) is 14.7. The summed E-state index contributed by atoms with van der Waals surface area (Å²) in [6.45, 7) is 6.99. The van der Waals surface area contributed by atoms with Crippen LogP contribution in [0.1, 0.15) is 13.3 Å². The molecule has 0 amide bonds. The first-order chi connectivity index (χ1) is 7.90. The van der Waals surface area contributed by atoms with Crippen molar-refractivity contribution in [3.8, 4) is 0 Å². The molecule has 1 rings (SSSR count). The van der Waals surface area contributed by atoms with Crippen LogP contribution in [0, 0.1) is 5.92 Å². The van der Waals surface area contributed by atoms with E-state index in [9.17, 15) is 13.2 Å². The van der Waals surface area contributed by atoms with E-state index >= 15 is 0 Å². The predicted octanol–water partition coefficient (Wildman–Crippen LogP) is 1.15. The maximum absolute atomic E-state index is 12.1. The van der Waals surface area contributed by atoms with Gasteiger partial charge >= 0.3 is 6.18 Å². The van der Waals surface area contributed by atoms with E-state index in [2.05, 4.69) is 11.8 Å². The second-order valence-electron chi connectivity index (χ2n) is 4.85. The molecule has 17 heavy (non-hydrogen) atoms. The lowest BCUT2D eigenvalue weighted by Gasteiger charge is -2.35. The summed E-state index contributed by atoms with van der Waals surface area (Å²) in [6.07, 6.45) is -4.74. The van der Waals surface area contributed by atoms with Gasteiger partial charge in [0.15, 0.2) is 0 Å². The fourth-order valence-electron chi connectivity index (χ4n) is 2.00. The van der Waals surface area contributed by atoms with E-state index < -0.39 is 12.6 Å². The predicted molar refractivity (Wildman–Crippen MR) is 61.8 cm³/mol. The van der Waals surface area contributed by atoms with Gasteiger partial charge in [0.05, 0.1) is 6.42 Å². The smallest absolute Gasteiger partial charge is 0.330 e. The minimum absolute atomic E-state index is 0.129. The normalized spacial score (nSPS) is 21.7. The highest BCUT2D eigenvalue weighted by atomic mass is 19.4. The molecule has 1 fully saturated rings. The zero-order valence-electron chi connectivity index (χ0n) is 10.3. The van der Waals surface area contributed by atoms with Gasteiger partial charge in [-0.05, 0) is 12.5 Å². The number of hydrogen-bond donors (Lipinski definition) is 1. The van der Waals surface area contributed by atoms with Crippen molar-refractivity contribution >= 4 is 0 Å². The molecule has 1 aliphatic heterocycles. The molecule has 0 bridgehead atoms. The molecule has 1 saturated heterocycles. The lowest BCUT2D eigenvalue weighted by molar-refractivity contribution is -0.138. The number of rotatable bonds is 5. The van der Waals surface area contributed by atoms with Crippen molar-refractivity contribution in [1.29, 1.82) is 0 Å². The minimum Gasteiger partial charge on any atom is -0.330 e. The lowest BCUT2D eigenvalue weighted by Crippen LogP contribution is -2.48. The molecule has 0 aliphatic carbocycles. The van der Waals surface area contributed by atoms with Crippen LogP contribution in [0.5, 0.6) is 0 Å². The quantitative estimate of drug-likeness (QED) is 0.798. The molecular formula is C11H22F3N3. The van der Waals surface area contributed by atoms with Gasteiger partial charge in [-0.1, -0.05) is 6.92 Å². The van der Waals surface area contributed by atoms with Crippen LogP contribution in [0.15, 0.2) is 0 Å². The minimum atomic E-state index is -4.04. The van der Waals surface area contributed by atoms with Gasteiger partial charge in [-0.25, -0.2) is 0 Å². The molecule has 102 valence electrons. The molecule has 1 atom stereocenters. The molecule has 1 aliphatic rings. The average Bonchev–Trinajstić information content (AvgIpc) is 2.27. The number of piperazine rings is 1. The first-order valence-corrected chi connectivity index (χ1v) is 6.12. The average molecular weight is 253 g/mol. The number of hydrogen-bond acceptors (Lipinski definition) is 3. The molecule has 6 heteroatoms. The Kier molecular flexibility index (Phi) is 5.69. The fourth-order valence-corrected chi connectivity index (χ4v) is 2.00. The van der Waals surface area contributed by atoms with Gasteiger partial charge in [0.25, 0.3) is 0 Å². The van der Waals surface area contributed by atoms with Crippen LogP contribution >= 0.6 is 0 Å². The molecule has 1 heterocycles. The van der Waals surface area contributed by atoms with Crippen molar-refractivity contribution in [1.82, 2.24) is 9.80 Å². The third-order valence-electron chi connectivity index (χ3n) is 3.15. The van der Waals surface area contributed by atoms with Crippen molar-refractivity contribution in [2.75, 3.05) is 45.8 Å². The third-order valence-corrected chi connectivity index (χ3v) is 3.15. The van der Waals surface area contributed by atoms with Gasteiger partial charge in [-0.15, -0.1) is 0 Å². The third kappa shape index (κ3) is 6.24. The molecule has 0 aromatic carbocycles. The Morgan fingerprint density at radius 1 is 1.12 bits per heavy atom. The molecule has 0 aromatic heterocycles. The number of alkyl halides is 3. The van der Waals surface area contributed by atoms with E-state index in [1.54, 1.807) is 0 Å². The van der Waals surface area contributed by atoms with Crippen LogP contribution in [0.2, 0.25) is 0 Å². The van der Waals surface area contributed by atoms with Crippen molar-refractivity contribution in [3.63, 3.8) is 0 Å². The Labute approximate surface area is 101 Å². The van der Waals surface area contributed by atoms with Gasteiger partial charge in [-0.3, -0.25) is 0 Å². The summed E-state index contributed by atoms with van der Waals surface area (Å²) in [4.78, 5) is 4.17. The van der Waals surface area contributed by atoms with Crippen LogP contribution in [0.25, 0.3) is 0 Å². The summed E-state index contributed by atoms with van der Waals surface area (Å²) in [6, 6.07) is 0. The van der Waals surface area contributed by atoms with Crippen molar-refractivity contribution in [2.45, 2.75) is 19.5 Å². The summed E-state index contributed by atoms with van der Waals surface area (Å²) in [7, 11) is 0. The number of nitrogens with zero attached hydrogens (tertiary/aromatic N) is 2. The second kappa shape index (κ2) is 6.56. The van der Waals surface area contributed by atoms with Gasteiger partial charge in [0.2, 0.25) is 0 Å². The lowest BCUT2D eigenvalue weighted by atomic mass is 10.1. The molecule has 0 saturated carbocycles. The van der Waals surface area contributed by atoms with Gasteiger partial charge < -0.3 is 15.5 Å². The Balaban J connectivity index is 2.17. The molecule has 2 N–H and O–H groups in total. The largest absolute Gasteiger partial charge is 0.390 e. The summed E-state index contributed by atoms with van der Waals surface area (Å²) in [5, 5.41) is 0. The first-order valence-electron chi connectivity index (χ1n) is 6.12. The van der Waals surface area contributed by atoms with E-state index in [1.807, 2.05) is 4.90 Å². The summed E-state index contributed by atoms with van der Waals surface area (Å²) >= 11 is 0. The maximum Gasteiger partial charge on any atom is 0.390 e. The Hall–Kier alpha value is -0.330. The highest BCUT2D eigenvalue weighted by Gasteiger charge is 2.28. The molecule has 3 nitrogen and oxygen atoms in total. The van der Waals surface area contributed by atoms with Crippen LogP contribution in [0.3, 0.4) is 0 Å². The molecule has 1 unspecified atom stereocenters. The Morgan fingerprint density at radius 3 is 2.12 bits per heavy atom.